The molecule has 2 nitrogen and oxygen atoms in total. The van der Waals surface area contributed by atoms with Gasteiger partial charge in [-0.1, -0.05) is 41.7 Å². The van der Waals surface area contributed by atoms with Crippen LogP contribution in [0.4, 0.5) is 0 Å². The molecule has 0 spiro atoms. The molecule has 94 valence electrons. The zero-order valence-electron chi connectivity index (χ0n) is 9.53. The maximum atomic E-state index is 6.28. The Morgan fingerprint density at radius 2 is 2.12 bits per heavy atom. The fraction of sp³-hybridized carbons (Fsp3) is 0.500. The van der Waals surface area contributed by atoms with Gasteiger partial charge in [0.2, 0.25) is 0 Å². The molecular formula is C12H14Cl3NO. The Morgan fingerprint density at radius 1 is 1.35 bits per heavy atom. The molecule has 1 aliphatic heterocycles. The van der Waals surface area contributed by atoms with Crippen LogP contribution in [0.1, 0.15) is 31.4 Å². The first-order valence-corrected chi connectivity index (χ1v) is 6.82. The van der Waals surface area contributed by atoms with Gasteiger partial charge in [0, 0.05) is 11.6 Å². The summed E-state index contributed by atoms with van der Waals surface area (Å²) in [5.74, 6) is 0.671. The Labute approximate surface area is 116 Å². The predicted molar refractivity (Wildman–Crippen MR) is 72.6 cm³/mol. The molecule has 1 aromatic carbocycles. The highest BCUT2D eigenvalue weighted by Gasteiger charge is 2.25. The van der Waals surface area contributed by atoms with Crippen LogP contribution in [0.3, 0.4) is 0 Å². The Kier molecular flexibility index (Phi) is 4.42. The molecule has 0 radical (unpaired) electrons. The van der Waals surface area contributed by atoms with Crippen molar-refractivity contribution in [2.24, 2.45) is 0 Å². The van der Waals surface area contributed by atoms with E-state index < -0.39 is 0 Å². The van der Waals surface area contributed by atoms with E-state index in [1.54, 1.807) is 6.07 Å². The van der Waals surface area contributed by atoms with E-state index in [0.717, 1.165) is 24.9 Å². The van der Waals surface area contributed by atoms with Gasteiger partial charge in [-0.3, -0.25) is 0 Å². The third-order valence-corrected chi connectivity index (χ3v) is 3.93. The highest BCUT2D eigenvalue weighted by molar-refractivity contribution is 6.44. The Morgan fingerprint density at radius 3 is 2.82 bits per heavy atom. The van der Waals surface area contributed by atoms with E-state index in [2.05, 4.69) is 12.2 Å². The zero-order chi connectivity index (χ0) is 12.4. The molecule has 1 aromatic rings. The molecular weight excluding hydrogens is 280 g/mol. The van der Waals surface area contributed by atoms with Crippen LogP contribution in [0.15, 0.2) is 6.07 Å². The van der Waals surface area contributed by atoms with Crippen molar-refractivity contribution in [1.82, 2.24) is 5.32 Å². The first-order valence-electron chi connectivity index (χ1n) is 5.68. The van der Waals surface area contributed by atoms with Crippen LogP contribution in [0.5, 0.6) is 5.75 Å². The Hall–Kier alpha value is -0.150. The Bertz CT molecular complexity index is 423. The summed E-state index contributed by atoms with van der Waals surface area (Å²) < 4.78 is 5.68. The molecule has 1 heterocycles. The summed E-state index contributed by atoms with van der Waals surface area (Å²) in [6.45, 7) is 3.59. The maximum Gasteiger partial charge on any atom is 0.144 e. The van der Waals surface area contributed by atoms with Gasteiger partial charge in [0.05, 0.1) is 21.7 Å². The van der Waals surface area contributed by atoms with Gasteiger partial charge in [-0.15, -0.1) is 0 Å². The van der Waals surface area contributed by atoms with Crippen LogP contribution >= 0.6 is 34.8 Å². The summed E-state index contributed by atoms with van der Waals surface area (Å²) in [7, 11) is 0. The molecule has 1 unspecified atom stereocenters. The van der Waals surface area contributed by atoms with Gasteiger partial charge in [-0.2, -0.15) is 0 Å². The average Bonchev–Trinajstić information content (AvgIpc) is 2.50. The molecule has 1 atom stereocenters. The monoisotopic (exact) mass is 293 g/mol. The minimum absolute atomic E-state index is 0.154. The van der Waals surface area contributed by atoms with Crippen LogP contribution in [0.25, 0.3) is 0 Å². The molecule has 1 N–H and O–H groups in total. The minimum Gasteiger partial charge on any atom is -0.492 e. The number of fused-ring (bicyclic) bond motifs is 1. The smallest absolute Gasteiger partial charge is 0.144 e. The first kappa shape index (κ1) is 13.3. The van der Waals surface area contributed by atoms with Crippen LogP contribution in [-0.2, 0) is 0 Å². The highest BCUT2D eigenvalue weighted by atomic mass is 35.5. The third-order valence-electron chi connectivity index (χ3n) is 2.84. The standard InChI is InChI=1S/C12H14Cl3NO/c1-2-16-9-4-3-5-17-12-8(14)6-7(13)11(15)10(9)12/h6,9,16H,2-5H2,1H3. The van der Waals surface area contributed by atoms with E-state index in [4.69, 9.17) is 39.5 Å². The van der Waals surface area contributed by atoms with Gasteiger partial charge in [-0.25, -0.2) is 0 Å². The molecule has 0 saturated heterocycles. The second kappa shape index (κ2) is 5.66. The lowest BCUT2D eigenvalue weighted by Gasteiger charge is -2.20. The normalized spacial score (nSPS) is 19.4. The lowest BCUT2D eigenvalue weighted by molar-refractivity contribution is 0.315. The molecule has 1 aliphatic rings. The van der Waals surface area contributed by atoms with Crippen molar-refractivity contribution in [1.29, 1.82) is 0 Å². The number of ether oxygens (including phenoxy) is 1. The largest absolute Gasteiger partial charge is 0.492 e. The van der Waals surface area contributed by atoms with Gasteiger partial charge < -0.3 is 10.1 Å². The summed E-state index contributed by atoms with van der Waals surface area (Å²) in [5, 5.41) is 4.94. The summed E-state index contributed by atoms with van der Waals surface area (Å²) in [5.41, 5.74) is 0.892. The fourth-order valence-corrected chi connectivity index (χ4v) is 2.92. The molecule has 0 amide bonds. The van der Waals surface area contributed by atoms with Gasteiger partial charge in [0.25, 0.3) is 0 Å². The highest BCUT2D eigenvalue weighted by Crippen LogP contribution is 2.44. The SMILES string of the molecule is CCNC1CCCOc2c(Cl)cc(Cl)c(Cl)c21. The molecule has 0 bridgehead atoms. The second-order valence-electron chi connectivity index (χ2n) is 4.00. The van der Waals surface area contributed by atoms with Crippen molar-refractivity contribution in [3.05, 3.63) is 26.7 Å². The third kappa shape index (κ3) is 2.65. The van der Waals surface area contributed by atoms with E-state index in [1.165, 1.54) is 0 Å². The molecule has 0 saturated carbocycles. The van der Waals surface area contributed by atoms with E-state index in [9.17, 15) is 0 Å². The van der Waals surface area contributed by atoms with E-state index in [0.29, 0.717) is 27.4 Å². The van der Waals surface area contributed by atoms with Crippen molar-refractivity contribution >= 4 is 34.8 Å². The minimum atomic E-state index is 0.154. The van der Waals surface area contributed by atoms with Crippen molar-refractivity contribution in [3.63, 3.8) is 0 Å². The van der Waals surface area contributed by atoms with Gasteiger partial charge in [0.1, 0.15) is 5.75 Å². The Balaban J connectivity index is 2.54. The van der Waals surface area contributed by atoms with Crippen molar-refractivity contribution < 1.29 is 4.74 Å². The molecule has 0 aromatic heterocycles. The van der Waals surface area contributed by atoms with Crippen molar-refractivity contribution in [2.45, 2.75) is 25.8 Å². The van der Waals surface area contributed by atoms with Crippen LogP contribution in [0, 0.1) is 0 Å². The van der Waals surface area contributed by atoms with Gasteiger partial charge in [0.15, 0.2) is 0 Å². The predicted octanol–water partition coefficient (Wildman–Crippen LogP) is 4.47. The molecule has 17 heavy (non-hydrogen) atoms. The lowest BCUT2D eigenvalue weighted by Crippen LogP contribution is -2.20. The summed E-state index contributed by atoms with van der Waals surface area (Å²) in [6.07, 6.45) is 1.94. The van der Waals surface area contributed by atoms with E-state index in [1.807, 2.05) is 0 Å². The number of nitrogens with one attached hydrogen (secondary N) is 1. The van der Waals surface area contributed by atoms with Crippen LogP contribution in [-0.4, -0.2) is 13.2 Å². The average molecular weight is 295 g/mol. The summed E-state index contributed by atoms with van der Waals surface area (Å²) in [6, 6.07) is 1.79. The summed E-state index contributed by atoms with van der Waals surface area (Å²) >= 11 is 18.5. The van der Waals surface area contributed by atoms with Gasteiger partial charge >= 0.3 is 0 Å². The number of hydrogen-bond donors (Lipinski definition) is 1. The fourth-order valence-electron chi connectivity index (χ4n) is 2.11. The maximum absolute atomic E-state index is 6.28. The van der Waals surface area contributed by atoms with Gasteiger partial charge in [-0.05, 0) is 25.5 Å². The molecule has 0 fully saturated rings. The number of halogens is 3. The van der Waals surface area contributed by atoms with Crippen molar-refractivity contribution in [3.8, 4) is 5.75 Å². The molecule has 2 rings (SSSR count). The van der Waals surface area contributed by atoms with E-state index in [-0.39, 0.29) is 6.04 Å². The molecule has 5 heteroatoms. The molecule has 0 aliphatic carbocycles. The number of rotatable bonds is 2. The number of hydrogen-bond acceptors (Lipinski definition) is 2. The van der Waals surface area contributed by atoms with E-state index >= 15 is 0 Å². The second-order valence-corrected chi connectivity index (χ2v) is 5.19. The topological polar surface area (TPSA) is 21.3 Å². The number of benzene rings is 1. The quantitative estimate of drug-likeness (QED) is 0.813. The van der Waals surface area contributed by atoms with Crippen molar-refractivity contribution in [2.75, 3.05) is 13.2 Å². The van der Waals surface area contributed by atoms with Crippen LogP contribution < -0.4 is 10.1 Å². The summed E-state index contributed by atoms with van der Waals surface area (Å²) in [4.78, 5) is 0. The lowest BCUT2D eigenvalue weighted by atomic mass is 10.0. The first-order chi connectivity index (χ1) is 8.15. The zero-order valence-corrected chi connectivity index (χ0v) is 11.8. The van der Waals surface area contributed by atoms with Crippen LogP contribution in [0.2, 0.25) is 15.1 Å².